The number of aryl methyl sites for hydroxylation is 1. The molecular formula is C21H18ClN3O. The molecule has 0 saturated heterocycles. The Hall–Kier alpha value is -2.85. The van der Waals surface area contributed by atoms with Crippen molar-refractivity contribution >= 4 is 22.5 Å². The van der Waals surface area contributed by atoms with E-state index < -0.39 is 0 Å². The number of halogens is 1. The van der Waals surface area contributed by atoms with E-state index in [2.05, 4.69) is 17.2 Å². The minimum absolute atomic E-state index is 0.673. The first-order valence-electron chi connectivity index (χ1n) is 8.36. The summed E-state index contributed by atoms with van der Waals surface area (Å²) in [7, 11) is 1.66. The first kappa shape index (κ1) is 16.6. The average molecular weight is 364 g/mol. The molecule has 4 nitrogen and oxygen atoms in total. The zero-order chi connectivity index (χ0) is 18.1. The van der Waals surface area contributed by atoms with Gasteiger partial charge in [-0.05, 0) is 30.7 Å². The van der Waals surface area contributed by atoms with Crippen molar-refractivity contribution in [3.8, 4) is 17.0 Å². The molecule has 0 N–H and O–H groups in total. The highest BCUT2D eigenvalue weighted by atomic mass is 35.5. The van der Waals surface area contributed by atoms with Gasteiger partial charge in [0.2, 0.25) is 0 Å². The Morgan fingerprint density at radius 2 is 1.92 bits per heavy atom. The number of rotatable bonds is 4. The van der Waals surface area contributed by atoms with E-state index in [0.29, 0.717) is 5.02 Å². The van der Waals surface area contributed by atoms with Crippen LogP contribution in [0.5, 0.6) is 5.75 Å². The lowest BCUT2D eigenvalue weighted by molar-refractivity contribution is 0.412. The molecule has 0 aliphatic heterocycles. The van der Waals surface area contributed by atoms with E-state index in [1.807, 2.05) is 60.4 Å². The van der Waals surface area contributed by atoms with Crippen LogP contribution in [-0.2, 0) is 6.54 Å². The highest BCUT2D eigenvalue weighted by Gasteiger charge is 2.12. The van der Waals surface area contributed by atoms with E-state index in [1.54, 1.807) is 7.11 Å². The molecule has 0 saturated carbocycles. The molecule has 0 unspecified atom stereocenters. The summed E-state index contributed by atoms with van der Waals surface area (Å²) in [6.07, 6.45) is 3.82. The Balaban J connectivity index is 1.74. The fourth-order valence-corrected chi connectivity index (χ4v) is 3.35. The van der Waals surface area contributed by atoms with Crippen molar-refractivity contribution in [1.29, 1.82) is 0 Å². The molecule has 0 bridgehead atoms. The summed E-state index contributed by atoms with van der Waals surface area (Å²) < 4.78 is 7.32. The molecule has 0 aliphatic rings. The minimum Gasteiger partial charge on any atom is -0.496 e. The lowest BCUT2D eigenvalue weighted by atomic mass is 10.1. The van der Waals surface area contributed by atoms with E-state index in [0.717, 1.165) is 40.0 Å². The summed E-state index contributed by atoms with van der Waals surface area (Å²) in [6, 6.07) is 16.0. The van der Waals surface area contributed by atoms with Crippen molar-refractivity contribution in [1.82, 2.24) is 14.8 Å². The number of fused-ring (bicyclic) bond motifs is 1. The molecular weight excluding hydrogens is 346 g/mol. The highest BCUT2D eigenvalue weighted by Crippen LogP contribution is 2.33. The van der Waals surface area contributed by atoms with Crippen molar-refractivity contribution in [3.05, 3.63) is 77.1 Å². The molecule has 0 amide bonds. The SMILES string of the molecule is COc1ccc2c(Cl)cc(-c3cnn(Cc4ccccc4)c3)nc2c1C. The number of aromatic nitrogens is 3. The maximum absolute atomic E-state index is 6.51. The van der Waals surface area contributed by atoms with E-state index in [9.17, 15) is 0 Å². The maximum atomic E-state index is 6.51. The van der Waals surface area contributed by atoms with Crippen LogP contribution in [0, 0.1) is 6.92 Å². The fraction of sp³-hybridized carbons (Fsp3) is 0.143. The first-order chi connectivity index (χ1) is 12.7. The number of ether oxygens (including phenoxy) is 1. The van der Waals surface area contributed by atoms with Crippen molar-refractivity contribution in [2.45, 2.75) is 13.5 Å². The number of hydrogen-bond donors (Lipinski definition) is 0. The van der Waals surface area contributed by atoms with Gasteiger partial charge in [0.1, 0.15) is 5.75 Å². The minimum atomic E-state index is 0.673. The molecule has 0 spiro atoms. The zero-order valence-corrected chi connectivity index (χ0v) is 15.4. The van der Waals surface area contributed by atoms with Crippen molar-refractivity contribution in [3.63, 3.8) is 0 Å². The molecule has 0 aliphatic carbocycles. The predicted octanol–water partition coefficient (Wildman–Crippen LogP) is 5.12. The summed E-state index contributed by atoms with van der Waals surface area (Å²) in [6.45, 7) is 2.71. The van der Waals surface area contributed by atoms with Crippen molar-refractivity contribution in [2.24, 2.45) is 0 Å². The monoisotopic (exact) mass is 363 g/mol. The Morgan fingerprint density at radius 1 is 1.12 bits per heavy atom. The Bertz CT molecular complexity index is 1070. The quantitative estimate of drug-likeness (QED) is 0.505. The molecule has 0 atom stereocenters. The summed E-state index contributed by atoms with van der Waals surface area (Å²) >= 11 is 6.51. The smallest absolute Gasteiger partial charge is 0.123 e. The van der Waals surface area contributed by atoms with E-state index in [-0.39, 0.29) is 0 Å². The van der Waals surface area contributed by atoms with Gasteiger partial charge >= 0.3 is 0 Å². The van der Waals surface area contributed by atoms with Gasteiger partial charge in [-0.2, -0.15) is 5.10 Å². The Morgan fingerprint density at radius 3 is 2.69 bits per heavy atom. The molecule has 2 heterocycles. The van der Waals surface area contributed by atoms with Crippen molar-refractivity contribution < 1.29 is 4.74 Å². The van der Waals surface area contributed by atoms with Gasteiger partial charge in [-0.3, -0.25) is 4.68 Å². The van der Waals surface area contributed by atoms with E-state index >= 15 is 0 Å². The lowest BCUT2D eigenvalue weighted by Gasteiger charge is -2.10. The standard InChI is InChI=1S/C21H18ClN3O/c1-14-20(26-2)9-8-17-18(22)10-19(24-21(14)17)16-11-23-25(13-16)12-15-6-4-3-5-7-15/h3-11,13H,12H2,1-2H3. The number of nitrogens with zero attached hydrogens (tertiary/aromatic N) is 3. The van der Waals surface area contributed by atoms with Crippen molar-refractivity contribution in [2.75, 3.05) is 7.11 Å². The molecule has 2 aromatic carbocycles. The van der Waals surface area contributed by atoms with Crippen LogP contribution in [0.1, 0.15) is 11.1 Å². The average Bonchev–Trinajstić information content (AvgIpc) is 3.12. The molecule has 130 valence electrons. The number of methoxy groups -OCH3 is 1. The van der Waals surface area contributed by atoms with Crippen LogP contribution in [0.2, 0.25) is 5.02 Å². The van der Waals surface area contributed by atoms with Gasteiger partial charge < -0.3 is 4.74 Å². The largest absolute Gasteiger partial charge is 0.496 e. The third kappa shape index (κ3) is 3.04. The van der Waals surface area contributed by atoms with E-state index in [4.69, 9.17) is 21.3 Å². The normalized spacial score (nSPS) is 11.0. The van der Waals surface area contributed by atoms with Gasteiger partial charge in [0, 0.05) is 22.7 Å². The second-order valence-electron chi connectivity index (χ2n) is 6.19. The van der Waals surface area contributed by atoms with Gasteiger partial charge in [0.25, 0.3) is 0 Å². The van der Waals surface area contributed by atoms with Gasteiger partial charge in [-0.1, -0.05) is 41.9 Å². The summed E-state index contributed by atoms with van der Waals surface area (Å²) in [5.74, 6) is 0.804. The van der Waals surface area contributed by atoms with Crippen LogP contribution in [0.4, 0.5) is 0 Å². The van der Waals surface area contributed by atoms with Crippen LogP contribution < -0.4 is 4.74 Å². The summed E-state index contributed by atoms with van der Waals surface area (Å²) in [4.78, 5) is 4.82. The van der Waals surface area contributed by atoms with Gasteiger partial charge in [-0.25, -0.2) is 4.98 Å². The molecule has 4 rings (SSSR count). The molecule has 4 aromatic rings. The predicted molar refractivity (Wildman–Crippen MR) is 105 cm³/mol. The summed E-state index contributed by atoms with van der Waals surface area (Å²) in [5, 5.41) is 6.06. The molecule has 5 heteroatoms. The van der Waals surface area contributed by atoms with E-state index in [1.165, 1.54) is 5.56 Å². The van der Waals surface area contributed by atoms with Gasteiger partial charge in [-0.15, -0.1) is 0 Å². The first-order valence-corrected chi connectivity index (χ1v) is 8.74. The molecule has 0 fully saturated rings. The number of benzene rings is 2. The second-order valence-corrected chi connectivity index (χ2v) is 6.60. The fourth-order valence-electron chi connectivity index (χ4n) is 3.09. The second kappa shape index (κ2) is 6.81. The molecule has 0 radical (unpaired) electrons. The third-order valence-electron chi connectivity index (χ3n) is 4.47. The van der Waals surface area contributed by atoms with Crippen LogP contribution in [-0.4, -0.2) is 21.9 Å². The molecule has 2 aromatic heterocycles. The Labute approximate surface area is 157 Å². The maximum Gasteiger partial charge on any atom is 0.123 e. The number of hydrogen-bond acceptors (Lipinski definition) is 3. The number of pyridine rings is 1. The van der Waals surface area contributed by atoms with Crippen LogP contribution in [0.3, 0.4) is 0 Å². The third-order valence-corrected chi connectivity index (χ3v) is 4.78. The Kier molecular flexibility index (Phi) is 4.35. The molecule has 26 heavy (non-hydrogen) atoms. The van der Waals surface area contributed by atoms with Crippen LogP contribution >= 0.6 is 11.6 Å². The van der Waals surface area contributed by atoms with Gasteiger partial charge in [0.15, 0.2) is 0 Å². The van der Waals surface area contributed by atoms with Crippen LogP contribution in [0.25, 0.3) is 22.2 Å². The van der Waals surface area contributed by atoms with Gasteiger partial charge in [0.05, 0.1) is 36.1 Å². The summed E-state index contributed by atoms with van der Waals surface area (Å²) in [5.41, 5.74) is 4.77. The lowest BCUT2D eigenvalue weighted by Crippen LogP contribution is -1.99. The highest BCUT2D eigenvalue weighted by molar-refractivity contribution is 6.35. The van der Waals surface area contributed by atoms with Crippen LogP contribution in [0.15, 0.2) is 60.9 Å². The zero-order valence-electron chi connectivity index (χ0n) is 14.6. The topological polar surface area (TPSA) is 39.9 Å².